The largest absolute Gasteiger partial charge is 0.361 e. The zero-order valence-electron chi connectivity index (χ0n) is 16.5. The normalized spacial score (nSPS) is 13.1. The molecule has 1 amide bonds. The quantitative estimate of drug-likeness (QED) is 0.445. The third-order valence-electron chi connectivity index (χ3n) is 5.38. The molecule has 3 aromatic carbocycles. The number of H-pyrrole nitrogens is 1. The lowest BCUT2D eigenvalue weighted by Gasteiger charge is -2.19. The Morgan fingerprint density at radius 2 is 1.59 bits per heavy atom. The number of carbonyl (C=O) groups is 1. The van der Waals surface area contributed by atoms with E-state index in [1.165, 1.54) is 16.5 Å². The summed E-state index contributed by atoms with van der Waals surface area (Å²) >= 11 is 0. The van der Waals surface area contributed by atoms with Gasteiger partial charge in [-0.25, -0.2) is 0 Å². The van der Waals surface area contributed by atoms with Gasteiger partial charge in [-0.3, -0.25) is 4.79 Å². The lowest BCUT2D eigenvalue weighted by atomic mass is 9.90. The van der Waals surface area contributed by atoms with E-state index in [0.717, 1.165) is 17.7 Å². The third kappa shape index (κ3) is 4.39. The number of carbonyl (C=O) groups excluding carboxylic acids is 1. The summed E-state index contributed by atoms with van der Waals surface area (Å²) in [5.74, 6) is 0.210. The van der Waals surface area contributed by atoms with Gasteiger partial charge >= 0.3 is 0 Å². The van der Waals surface area contributed by atoms with Crippen LogP contribution in [0.1, 0.15) is 24.0 Å². The molecule has 4 nitrogen and oxygen atoms in total. The molecule has 0 unspecified atom stereocenters. The van der Waals surface area contributed by atoms with Gasteiger partial charge in [0, 0.05) is 22.8 Å². The van der Waals surface area contributed by atoms with Gasteiger partial charge < -0.3 is 15.6 Å². The first-order chi connectivity index (χ1) is 14.2. The lowest BCUT2D eigenvalue weighted by Crippen LogP contribution is -2.92. The minimum atomic E-state index is -0.188. The fourth-order valence-electron chi connectivity index (χ4n) is 3.74. The van der Waals surface area contributed by atoms with Crippen molar-refractivity contribution < 1.29 is 10.1 Å². The van der Waals surface area contributed by atoms with Crippen LogP contribution in [-0.2, 0) is 4.79 Å². The van der Waals surface area contributed by atoms with Crippen LogP contribution >= 0.6 is 0 Å². The molecule has 4 rings (SSSR count). The number of aromatic amines is 1. The molecule has 0 aliphatic rings. The molecule has 4 N–H and O–H groups in total. The van der Waals surface area contributed by atoms with E-state index in [-0.39, 0.29) is 17.9 Å². The van der Waals surface area contributed by atoms with E-state index in [9.17, 15) is 4.79 Å². The number of amides is 1. The van der Waals surface area contributed by atoms with Crippen LogP contribution < -0.4 is 10.6 Å². The SMILES string of the molecule is C[C@@H]([NH2+]C[C@@H](c1ccccc1)c1c[nH]c2ccccc12)C(=O)Nc1ccccc1. The van der Waals surface area contributed by atoms with Gasteiger partial charge in [0.25, 0.3) is 5.91 Å². The van der Waals surface area contributed by atoms with Crippen LogP contribution in [0.4, 0.5) is 5.69 Å². The number of rotatable bonds is 7. The van der Waals surface area contributed by atoms with Crippen LogP contribution in [0.15, 0.2) is 91.1 Å². The van der Waals surface area contributed by atoms with Gasteiger partial charge in [0.05, 0.1) is 12.5 Å². The number of para-hydroxylation sites is 2. The number of nitrogens with one attached hydrogen (secondary N) is 2. The van der Waals surface area contributed by atoms with E-state index in [0.29, 0.717) is 0 Å². The Morgan fingerprint density at radius 1 is 0.931 bits per heavy atom. The average Bonchev–Trinajstić information content (AvgIpc) is 3.19. The van der Waals surface area contributed by atoms with Gasteiger partial charge in [0.15, 0.2) is 6.04 Å². The summed E-state index contributed by atoms with van der Waals surface area (Å²) < 4.78 is 0. The van der Waals surface area contributed by atoms with Gasteiger partial charge in [-0.05, 0) is 36.2 Å². The highest BCUT2D eigenvalue weighted by Gasteiger charge is 2.23. The van der Waals surface area contributed by atoms with E-state index >= 15 is 0 Å². The summed E-state index contributed by atoms with van der Waals surface area (Å²) in [5, 5.41) is 6.35. The van der Waals surface area contributed by atoms with Crippen LogP contribution in [0.25, 0.3) is 10.9 Å². The number of hydrogen-bond acceptors (Lipinski definition) is 1. The minimum Gasteiger partial charge on any atom is -0.361 e. The predicted molar refractivity (Wildman–Crippen MR) is 118 cm³/mol. The average molecular weight is 385 g/mol. The van der Waals surface area contributed by atoms with Crippen molar-refractivity contribution in [1.82, 2.24) is 4.98 Å². The minimum absolute atomic E-state index is 0.0157. The second kappa shape index (κ2) is 8.76. The Labute approximate surface area is 171 Å². The molecule has 1 heterocycles. The van der Waals surface area contributed by atoms with Crippen molar-refractivity contribution in [1.29, 1.82) is 0 Å². The second-order valence-electron chi connectivity index (χ2n) is 7.37. The third-order valence-corrected chi connectivity index (χ3v) is 5.38. The van der Waals surface area contributed by atoms with E-state index in [1.54, 1.807) is 0 Å². The molecule has 0 bridgehead atoms. The molecular weight excluding hydrogens is 358 g/mol. The highest BCUT2D eigenvalue weighted by molar-refractivity contribution is 5.93. The Morgan fingerprint density at radius 3 is 2.34 bits per heavy atom. The van der Waals surface area contributed by atoms with Crippen LogP contribution in [-0.4, -0.2) is 23.5 Å². The van der Waals surface area contributed by atoms with E-state index in [2.05, 4.69) is 64.3 Å². The molecule has 0 aliphatic heterocycles. The predicted octanol–water partition coefficient (Wildman–Crippen LogP) is 3.89. The van der Waals surface area contributed by atoms with E-state index in [4.69, 9.17) is 0 Å². The summed E-state index contributed by atoms with van der Waals surface area (Å²) in [7, 11) is 0. The number of quaternary nitrogens is 1. The Kier molecular flexibility index (Phi) is 5.73. The maximum absolute atomic E-state index is 12.6. The molecule has 0 saturated carbocycles. The van der Waals surface area contributed by atoms with Crippen LogP contribution in [0, 0.1) is 0 Å². The first-order valence-corrected chi connectivity index (χ1v) is 10.0. The number of nitrogens with two attached hydrogens (primary N) is 1. The zero-order valence-corrected chi connectivity index (χ0v) is 16.5. The van der Waals surface area contributed by atoms with Crippen molar-refractivity contribution in [2.24, 2.45) is 0 Å². The number of anilines is 1. The smallest absolute Gasteiger partial charge is 0.282 e. The maximum Gasteiger partial charge on any atom is 0.282 e. The molecule has 29 heavy (non-hydrogen) atoms. The molecule has 0 saturated heterocycles. The monoisotopic (exact) mass is 384 g/mol. The Bertz CT molecular complexity index is 1070. The van der Waals surface area contributed by atoms with Gasteiger partial charge in [-0.15, -0.1) is 0 Å². The second-order valence-corrected chi connectivity index (χ2v) is 7.37. The van der Waals surface area contributed by atoms with Crippen molar-refractivity contribution in [3.8, 4) is 0 Å². The molecule has 1 aromatic heterocycles. The highest BCUT2D eigenvalue weighted by atomic mass is 16.2. The van der Waals surface area contributed by atoms with Crippen LogP contribution in [0.3, 0.4) is 0 Å². The van der Waals surface area contributed by atoms with Crippen LogP contribution in [0.5, 0.6) is 0 Å². The number of benzene rings is 3. The molecule has 0 spiro atoms. The number of aromatic nitrogens is 1. The van der Waals surface area contributed by atoms with Crippen molar-refractivity contribution in [2.75, 3.05) is 11.9 Å². The first-order valence-electron chi connectivity index (χ1n) is 10.0. The van der Waals surface area contributed by atoms with Crippen molar-refractivity contribution >= 4 is 22.5 Å². The van der Waals surface area contributed by atoms with Gasteiger partial charge in [0.2, 0.25) is 0 Å². The summed E-state index contributed by atoms with van der Waals surface area (Å²) in [5.41, 5.74) is 4.48. The molecule has 146 valence electrons. The summed E-state index contributed by atoms with van der Waals surface area (Å²) in [6.45, 7) is 2.74. The summed E-state index contributed by atoms with van der Waals surface area (Å²) in [6.07, 6.45) is 2.10. The van der Waals surface area contributed by atoms with Crippen LogP contribution in [0.2, 0.25) is 0 Å². The lowest BCUT2D eigenvalue weighted by molar-refractivity contribution is -0.674. The molecule has 0 aliphatic carbocycles. The van der Waals surface area contributed by atoms with E-state index < -0.39 is 0 Å². The maximum atomic E-state index is 12.6. The molecular formula is C25H26N3O+. The van der Waals surface area contributed by atoms with Gasteiger partial charge in [-0.2, -0.15) is 0 Å². The summed E-state index contributed by atoms with van der Waals surface area (Å²) in [6, 6.07) is 28.3. The first kappa shape index (κ1) is 19.0. The fraction of sp³-hybridized carbons (Fsp3) is 0.160. The number of fused-ring (bicyclic) bond motifs is 1. The Balaban J connectivity index is 1.53. The van der Waals surface area contributed by atoms with Gasteiger partial charge in [0.1, 0.15) is 0 Å². The van der Waals surface area contributed by atoms with Crippen molar-refractivity contribution in [3.05, 3.63) is 102 Å². The molecule has 4 heteroatoms. The summed E-state index contributed by atoms with van der Waals surface area (Å²) in [4.78, 5) is 16.0. The standard InChI is InChI=1S/C25H25N3O/c1-18(25(29)28-20-12-6-3-7-13-20)26-16-22(19-10-4-2-5-11-19)23-17-27-24-15-9-8-14-21(23)24/h2-15,17-18,22,26-27H,16H2,1H3,(H,28,29)/p+1/t18-,22+/m1/s1. The molecule has 2 atom stereocenters. The van der Waals surface area contributed by atoms with E-state index in [1.807, 2.05) is 49.4 Å². The molecule has 0 radical (unpaired) electrons. The van der Waals surface area contributed by atoms with Crippen molar-refractivity contribution in [2.45, 2.75) is 18.9 Å². The molecule has 4 aromatic rings. The topological polar surface area (TPSA) is 61.5 Å². The van der Waals surface area contributed by atoms with Crippen molar-refractivity contribution in [3.63, 3.8) is 0 Å². The highest BCUT2D eigenvalue weighted by Crippen LogP contribution is 2.29. The Hall–Kier alpha value is -3.37. The zero-order chi connectivity index (χ0) is 20.1. The fourth-order valence-corrected chi connectivity index (χ4v) is 3.74. The molecule has 0 fully saturated rings. The van der Waals surface area contributed by atoms with Gasteiger partial charge in [-0.1, -0.05) is 66.7 Å². The number of hydrogen-bond donors (Lipinski definition) is 3.